The van der Waals surface area contributed by atoms with Crippen molar-refractivity contribution < 1.29 is 14.7 Å². The van der Waals surface area contributed by atoms with E-state index in [2.05, 4.69) is 31.9 Å². The highest BCUT2D eigenvalue weighted by Crippen LogP contribution is 2.26. The van der Waals surface area contributed by atoms with E-state index in [4.69, 9.17) is 5.11 Å². The van der Waals surface area contributed by atoms with Gasteiger partial charge in [0.2, 0.25) is 0 Å². The Morgan fingerprint density at radius 1 is 1.33 bits per heavy atom. The normalized spacial score (nSPS) is 19.0. The van der Waals surface area contributed by atoms with Gasteiger partial charge in [0.25, 0.3) is 5.91 Å². The van der Waals surface area contributed by atoms with Crippen molar-refractivity contribution in [2.24, 2.45) is 0 Å². The molecule has 0 aliphatic carbocycles. The molecule has 0 aromatic heterocycles. The minimum atomic E-state index is -0.936. The van der Waals surface area contributed by atoms with Crippen LogP contribution in [0.4, 0.5) is 0 Å². The van der Waals surface area contributed by atoms with Crippen LogP contribution in [0.1, 0.15) is 23.2 Å². The van der Waals surface area contributed by atoms with Crippen LogP contribution in [0.3, 0.4) is 0 Å². The summed E-state index contributed by atoms with van der Waals surface area (Å²) in [4.78, 5) is 24.8. The molecule has 1 aromatic rings. The first-order valence-electron chi connectivity index (χ1n) is 5.49. The van der Waals surface area contributed by atoms with Crippen molar-refractivity contribution in [2.45, 2.75) is 18.9 Å². The Balaban J connectivity index is 2.28. The first-order valence-corrected chi connectivity index (χ1v) is 7.08. The molecule has 1 aliphatic heterocycles. The quantitative estimate of drug-likeness (QED) is 0.863. The van der Waals surface area contributed by atoms with Gasteiger partial charge in [-0.2, -0.15) is 0 Å². The van der Waals surface area contributed by atoms with E-state index in [0.29, 0.717) is 23.0 Å². The number of nitrogens with zero attached hydrogens (tertiary/aromatic N) is 1. The van der Waals surface area contributed by atoms with Gasteiger partial charge in [-0.05, 0) is 47.0 Å². The van der Waals surface area contributed by atoms with Crippen LogP contribution in [0.2, 0.25) is 0 Å². The molecule has 18 heavy (non-hydrogen) atoms. The summed E-state index contributed by atoms with van der Waals surface area (Å²) in [6.45, 7) is 0.498. The summed E-state index contributed by atoms with van der Waals surface area (Å²) in [5.74, 6) is -1.17. The number of hydrogen-bond acceptors (Lipinski definition) is 2. The number of hydrogen-bond donors (Lipinski definition) is 1. The maximum atomic E-state index is 12.3. The number of carboxylic acids is 1. The fourth-order valence-electron chi connectivity index (χ4n) is 2.08. The van der Waals surface area contributed by atoms with Crippen LogP contribution < -0.4 is 0 Å². The summed E-state index contributed by atoms with van der Waals surface area (Å²) in [7, 11) is 0. The van der Waals surface area contributed by atoms with E-state index in [1.807, 2.05) is 0 Å². The van der Waals surface area contributed by atoms with Crippen molar-refractivity contribution in [3.8, 4) is 0 Å². The third-order valence-electron chi connectivity index (χ3n) is 2.96. The fourth-order valence-corrected chi connectivity index (χ4v) is 3.30. The largest absolute Gasteiger partial charge is 0.480 e. The van der Waals surface area contributed by atoms with Gasteiger partial charge in [0, 0.05) is 15.5 Å². The molecule has 1 heterocycles. The Bertz CT molecular complexity index is 504. The van der Waals surface area contributed by atoms with Crippen LogP contribution in [-0.4, -0.2) is 34.5 Å². The standard InChI is InChI=1S/C12H11Br2NO3/c13-7-3-4-8(9(14)6-7)11(16)15-5-1-2-10(15)12(17)18/h3-4,6,10H,1-2,5H2,(H,17,18)/t10-/m0/s1. The van der Waals surface area contributed by atoms with Crippen molar-refractivity contribution >= 4 is 43.7 Å². The van der Waals surface area contributed by atoms with Gasteiger partial charge < -0.3 is 10.0 Å². The number of amides is 1. The summed E-state index contributed by atoms with van der Waals surface area (Å²) in [6.07, 6.45) is 1.26. The van der Waals surface area contributed by atoms with Gasteiger partial charge in [-0.1, -0.05) is 15.9 Å². The lowest BCUT2D eigenvalue weighted by atomic mass is 10.1. The van der Waals surface area contributed by atoms with Crippen molar-refractivity contribution in [3.05, 3.63) is 32.7 Å². The molecule has 6 heteroatoms. The minimum Gasteiger partial charge on any atom is -0.480 e. The van der Waals surface area contributed by atoms with E-state index in [-0.39, 0.29) is 5.91 Å². The van der Waals surface area contributed by atoms with Crippen molar-refractivity contribution in [2.75, 3.05) is 6.54 Å². The molecule has 1 aliphatic rings. The van der Waals surface area contributed by atoms with Crippen LogP contribution in [0.25, 0.3) is 0 Å². The van der Waals surface area contributed by atoms with E-state index in [1.165, 1.54) is 4.90 Å². The monoisotopic (exact) mass is 375 g/mol. The number of aliphatic carboxylic acids is 1. The van der Waals surface area contributed by atoms with Gasteiger partial charge in [0.05, 0.1) is 5.56 Å². The Hall–Kier alpha value is -0.880. The van der Waals surface area contributed by atoms with Crippen LogP contribution in [-0.2, 0) is 4.79 Å². The van der Waals surface area contributed by atoms with E-state index >= 15 is 0 Å². The number of likely N-dealkylation sites (tertiary alicyclic amines) is 1. The third kappa shape index (κ3) is 2.59. The Labute approximate surface area is 121 Å². The maximum absolute atomic E-state index is 12.3. The zero-order valence-electron chi connectivity index (χ0n) is 9.40. The lowest BCUT2D eigenvalue weighted by Crippen LogP contribution is -2.40. The number of rotatable bonds is 2. The number of carbonyl (C=O) groups excluding carboxylic acids is 1. The number of halogens is 2. The molecule has 0 unspecified atom stereocenters. The molecule has 0 bridgehead atoms. The Morgan fingerprint density at radius 3 is 2.67 bits per heavy atom. The van der Waals surface area contributed by atoms with Crippen molar-refractivity contribution in [1.82, 2.24) is 4.90 Å². The topological polar surface area (TPSA) is 57.6 Å². The maximum Gasteiger partial charge on any atom is 0.326 e. The highest BCUT2D eigenvalue weighted by Gasteiger charge is 2.34. The summed E-state index contributed by atoms with van der Waals surface area (Å²) in [5.41, 5.74) is 0.492. The van der Waals surface area contributed by atoms with Gasteiger partial charge in [-0.25, -0.2) is 4.79 Å². The van der Waals surface area contributed by atoms with E-state index in [0.717, 1.165) is 10.9 Å². The molecule has 1 N–H and O–H groups in total. The first-order chi connectivity index (χ1) is 8.50. The second-order valence-corrected chi connectivity index (χ2v) is 5.89. The second-order valence-electron chi connectivity index (χ2n) is 4.12. The zero-order valence-corrected chi connectivity index (χ0v) is 12.6. The van der Waals surface area contributed by atoms with Gasteiger partial charge in [0.1, 0.15) is 6.04 Å². The average molecular weight is 377 g/mol. The SMILES string of the molecule is O=C(O)[C@@H]1CCCN1C(=O)c1ccc(Br)cc1Br. The molecule has 1 saturated heterocycles. The van der Waals surface area contributed by atoms with E-state index < -0.39 is 12.0 Å². The number of carbonyl (C=O) groups is 2. The van der Waals surface area contributed by atoms with Crippen LogP contribution in [0.15, 0.2) is 27.1 Å². The molecule has 1 fully saturated rings. The summed E-state index contributed by atoms with van der Waals surface area (Å²) in [6, 6.07) is 4.53. The number of carboxylic acid groups (broad SMARTS) is 1. The lowest BCUT2D eigenvalue weighted by Gasteiger charge is -2.22. The van der Waals surface area contributed by atoms with Crippen molar-refractivity contribution in [1.29, 1.82) is 0 Å². The van der Waals surface area contributed by atoms with Gasteiger partial charge >= 0.3 is 5.97 Å². The van der Waals surface area contributed by atoms with Crippen molar-refractivity contribution in [3.63, 3.8) is 0 Å². The second kappa shape index (κ2) is 5.40. The molecule has 1 amide bonds. The van der Waals surface area contributed by atoms with Gasteiger partial charge in [-0.3, -0.25) is 4.79 Å². The molecule has 96 valence electrons. The lowest BCUT2D eigenvalue weighted by molar-refractivity contribution is -0.141. The predicted octanol–water partition coefficient (Wildman–Crippen LogP) is 2.90. The minimum absolute atomic E-state index is 0.237. The molecular formula is C12H11Br2NO3. The van der Waals surface area contributed by atoms with E-state index in [9.17, 15) is 9.59 Å². The molecule has 4 nitrogen and oxygen atoms in total. The third-order valence-corrected chi connectivity index (χ3v) is 4.11. The Kier molecular flexibility index (Phi) is 4.07. The molecule has 2 rings (SSSR count). The highest BCUT2D eigenvalue weighted by molar-refractivity contribution is 9.11. The van der Waals surface area contributed by atoms with Gasteiger partial charge in [0.15, 0.2) is 0 Å². The summed E-state index contributed by atoms with van der Waals surface area (Å²) < 4.78 is 1.53. The van der Waals surface area contributed by atoms with Crippen LogP contribution in [0, 0.1) is 0 Å². The zero-order chi connectivity index (χ0) is 13.3. The molecule has 0 saturated carbocycles. The number of benzene rings is 1. The fraction of sp³-hybridized carbons (Fsp3) is 0.333. The van der Waals surface area contributed by atoms with E-state index in [1.54, 1.807) is 18.2 Å². The molecule has 0 radical (unpaired) electrons. The summed E-state index contributed by atoms with van der Waals surface area (Å²) >= 11 is 6.64. The van der Waals surface area contributed by atoms with Crippen LogP contribution >= 0.6 is 31.9 Å². The van der Waals surface area contributed by atoms with Gasteiger partial charge in [-0.15, -0.1) is 0 Å². The Morgan fingerprint density at radius 2 is 2.06 bits per heavy atom. The molecule has 0 spiro atoms. The molecular weight excluding hydrogens is 366 g/mol. The highest BCUT2D eigenvalue weighted by atomic mass is 79.9. The average Bonchev–Trinajstić information content (AvgIpc) is 2.77. The van der Waals surface area contributed by atoms with Crippen LogP contribution in [0.5, 0.6) is 0 Å². The first kappa shape index (κ1) is 13.5. The molecule has 1 atom stereocenters. The smallest absolute Gasteiger partial charge is 0.326 e. The summed E-state index contributed by atoms with van der Waals surface area (Å²) in [5, 5.41) is 9.08. The predicted molar refractivity (Wildman–Crippen MR) is 73.5 cm³/mol. The molecule has 1 aromatic carbocycles.